The van der Waals surface area contributed by atoms with Crippen molar-refractivity contribution in [2.45, 2.75) is 38.1 Å². The van der Waals surface area contributed by atoms with Crippen molar-refractivity contribution >= 4 is 0 Å². The van der Waals surface area contributed by atoms with Crippen molar-refractivity contribution in [2.24, 2.45) is 11.8 Å². The minimum Gasteiger partial charge on any atom is -0.297 e. The van der Waals surface area contributed by atoms with Crippen LogP contribution < -0.4 is 0 Å². The highest BCUT2D eigenvalue weighted by molar-refractivity contribution is 5.22. The van der Waals surface area contributed by atoms with E-state index in [9.17, 15) is 0 Å². The molecule has 1 nitrogen and oxygen atoms in total. The third kappa shape index (κ3) is 2.49. The summed E-state index contributed by atoms with van der Waals surface area (Å²) in [5, 5.41) is 0. The highest BCUT2D eigenvalue weighted by Gasteiger charge is 2.41. The third-order valence-corrected chi connectivity index (χ3v) is 5.19. The maximum atomic E-state index is 3.90. The fourth-order valence-corrected chi connectivity index (χ4v) is 4.42. The molecule has 1 aliphatic heterocycles. The predicted molar refractivity (Wildman–Crippen MR) is 81.2 cm³/mol. The van der Waals surface area contributed by atoms with Gasteiger partial charge in [0.1, 0.15) is 0 Å². The van der Waals surface area contributed by atoms with Gasteiger partial charge in [-0.15, -0.1) is 6.58 Å². The van der Waals surface area contributed by atoms with Crippen molar-refractivity contribution in [3.8, 4) is 0 Å². The zero-order valence-electron chi connectivity index (χ0n) is 12.0. The molecule has 102 valence electrons. The predicted octanol–water partition coefficient (Wildman–Crippen LogP) is 4.08. The normalized spacial score (nSPS) is 35.0. The van der Waals surface area contributed by atoms with E-state index in [0.717, 1.165) is 30.3 Å². The van der Waals surface area contributed by atoms with Crippen LogP contribution in [-0.2, 0) is 0 Å². The third-order valence-electron chi connectivity index (χ3n) is 5.19. The second kappa shape index (κ2) is 5.50. The molecule has 1 saturated heterocycles. The molecular weight excluding hydrogens is 230 g/mol. The summed E-state index contributed by atoms with van der Waals surface area (Å²) in [6.07, 6.45) is 6.16. The Morgan fingerprint density at radius 1 is 1.26 bits per heavy atom. The van der Waals surface area contributed by atoms with Gasteiger partial charge in [0, 0.05) is 12.6 Å². The lowest BCUT2D eigenvalue weighted by atomic mass is 9.65. The SMILES string of the molecule is C=CCN1CCC2CC1CC(C)C2c1ccccc1. The lowest BCUT2D eigenvalue weighted by molar-refractivity contribution is 0.0427. The van der Waals surface area contributed by atoms with Crippen LogP contribution in [-0.4, -0.2) is 24.0 Å². The van der Waals surface area contributed by atoms with Crippen molar-refractivity contribution in [1.29, 1.82) is 0 Å². The van der Waals surface area contributed by atoms with E-state index in [4.69, 9.17) is 0 Å². The van der Waals surface area contributed by atoms with Gasteiger partial charge >= 0.3 is 0 Å². The first-order valence-electron chi connectivity index (χ1n) is 7.69. The molecule has 0 aromatic heterocycles. The number of nitrogens with zero attached hydrogens (tertiary/aromatic N) is 1. The molecule has 0 spiro atoms. The van der Waals surface area contributed by atoms with Gasteiger partial charge in [-0.1, -0.05) is 43.3 Å². The summed E-state index contributed by atoms with van der Waals surface area (Å²) in [4.78, 5) is 2.64. The minimum absolute atomic E-state index is 0.781. The summed E-state index contributed by atoms with van der Waals surface area (Å²) >= 11 is 0. The van der Waals surface area contributed by atoms with Gasteiger partial charge in [-0.05, 0) is 49.1 Å². The van der Waals surface area contributed by atoms with Gasteiger partial charge < -0.3 is 0 Å². The average molecular weight is 255 g/mol. The Labute approximate surface area is 117 Å². The molecular formula is C18H25N. The Kier molecular flexibility index (Phi) is 3.74. The van der Waals surface area contributed by atoms with Crippen molar-refractivity contribution in [1.82, 2.24) is 4.90 Å². The van der Waals surface area contributed by atoms with Crippen LogP contribution in [0.1, 0.15) is 37.7 Å². The monoisotopic (exact) mass is 255 g/mol. The van der Waals surface area contributed by atoms with Crippen molar-refractivity contribution < 1.29 is 0 Å². The Morgan fingerprint density at radius 3 is 2.79 bits per heavy atom. The smallest absolute Gasteiger partial charge is 0.0163 e. The molecule has 1 heteroatoms. The van der Waals surface area contributed by atoms with Gasteiger partial charge in [0.05, 0.1) is 0 Å². The maximum Gasteiger partial charge on any atom is 0.0163 e. The van der Waals surface area contributed by atoms with E-state index in [1.807, 2.05) is 0 Å². The van der Waals surface area contributed by atoms with E-state index in [1.54, 1.807) is 5.56 Å². The standard InChI is InChI=1S/C18H25N/c1-3-10-19-11-9-16-13-17(19)12-14(2)18(16)15-7-5-4-6-8-15/h3-8,14,16-18H,1,9-13H2,2H3. The number of likely N-dealkylation sites (tertiary alicyclic amines) is 1. The lowest BCUT2D eigenvalue weighted by Gasteiger charge is -2.49. The molecule has 2 aliphatic rings. The number of rotatable bonds is 3. The molecule has 3 rings (SSSR count). The zero-order chi connectivity index (χ0) is 13.2. The Balaban J connectivity index is 1.79. The van der Waals surface area contributed by atoms with E-state index in [-0.39, 0.29) is 0 Å². The van der Waals surface area contributed by atoms with E-state index < -0.39 is 0 Å². The number of piperidine rings is 1. The van der Waals surface area contributed by atoms with Crippen LogP contribution in [0.5, 0.6) is 0 Å². The molecule has 4 unspecified atom stereocenters. The van der Waals surface area contributed by atoms with Crippen LogP contribution in [0.25, 0.3) is 0 Å². The zero-order valence-corrected chi connectivity index (χ0v) is 12.0. The van der Waals surface area contributed by atoms with Gasteiger partial charge in [0.2, 0.25) is 0 Å². The number of hydrogen-bond acceptors (Lipinski definition) is 1. The van der Waals surface area contributed by atoms with Gasteiger partial charge in [-0.25, -0.2) is 0 Å². The summed E-state index contributed by atoms with van der Waals surface area (Å²) in [5.41, 5.74) is 1.57. The molecule has 0 amide bonds. The Bertz CT molecular complexity index is 423. The minimum atomic E-state index is 0.781. The van der Waals surface area contributed by atoms with E-state index in [0.29, 0.717) is 0 Å². The van der Waals surface area contributed by atoms with Crippen LogP contribution in [0.2, 0.25) is 0 Å². The Morgan fingerprint density at radius 2 is 2.05 bits per heavy atom. The van der Waals surface area contributed by atoms with E-state index in [1.165, 1.54) is 25.8 Å². The molecule has 2 bridgehead atoms. The molecule has 1 heterocycles. The molecule has 1 aliphatic carbocycles. The number of benzene rings is 1. The summed E-state index contributed by atoms with van der Waals surface area (Å²) < 4.78 is 0. The molecule has 19 heavy (non-hydrogen) atoms. The van der Waals surface area contributed by atoms with Gasteiger partial charge in [0.25, 0.3) is 0 Å². The maximum absolute atomic E-state index is 3.90. The van der Waals surface area contributed by atoms with Crippen LogP contribution in [0, 0.1) is 11.8 Å². The molecule has 1 aromatic carbocycles. The van der Waals surface area contributed by atoms with Gasteiger partial charge in [-0.3, -0.25) is 4.90 Å². The van der Waals surface area contributed by atoms with Crippen molar-refractivity contribution in [3.05, 3.63) is 48.6 Å². The first-order chi connectivity index (χ1) is 9.29. The molecule has 0 N–H and O–H groups in total. The quantitative estimate of drug-likeness (QED) is 0.736. The summed E-state index contributed by atoms with van der Waals surface area (Å²) in [6, 6.07) is 12.0. The summed E-state index contributed by atoms with van der Waals surface area (Å²) in [6.45, 7) is 8.68. The molecule has 0 radical (unpaired) electrons. The number of fused-ring (bicyclic) bond motifs is 2. The van der Waals surface area contributed by atoms with E-state index in [2.05, 4.69) is 54.8 Å². The highest BCUT2D eigenvalue weighted by atomic mass is 15.2. The molecule has 1 saturated carbocycles. The molecule has 4 atom stereocenters. The Hall–Kier alpha value is -1.08. The lowest BCUT2D eigenvalue weighted by Crippen LogP contribution is -2.49. The fourth-order valence-electron chi connectivity index (χ4n) is 4.42. The van der Waals surface area contributed by atoms with Gasteiger partial charge in [0.15, 0.2) is 0 Å². The molecule has 1 aromatic rings. The summed E-state index contributed by atoms with van der Waals surface area (Å²) in [7, 11) is 0. The summed E-state index contributed by atoms with van der Waals surface area (Å²) in [5.74, 6) is 2.47. The first-order valence-corrected chi connectivity index (χ1v) is 7.69. The largest absolute Gasteiger partial charge is 0.297 e. The van der Waals surface area contributed by atoms with E-state index >= 15 is 0 Å². The second-order valence-corrected chi connectivity index (χ2v) is 6.37. The topological polar surface area (TPSA) is 3.24 Å². The highest BCUT2D eigenvalue weighted by Crippen LogP contribution is 2.47. The van der Waals surface area contributed by atoms with Crippen LogP contribution in [0.4, 0.5) is 0 Å². The van der Waals surface area contributed by atoms with Crippen molar-refractivity contribution in [3.63, 3.8) is 0 Å². The van der Waals surface area contributed by atoms with Crippen LogP contribution in [0.3, 0.4) is 0 Å². The molecule has 2 fully saturated rings. The number of hydrogen-bond donors (Lipinski definition) is 0. The van der Waals surface area contributed by atoms with Crippen LogP contribution in [0.15, 0.2) is 43.0 Å². The first kappa shape index (κ1) is 12.9. The average Bonchev–Trinajstić information content (AvgIpc) is 2.43. The van der Waals surface area contributed by atoms with Crippen LogP contribution >= 0.6 is 0 Å². The fraction of sp³-hybridized carbons (Fsp3) is 0.556. The van der Waals surface area contributed by atoms with Gasteiger partial charge in [-0.2, -0.15) is 0 Å². The second-order valence-electron chi connectivity index (χ2n) is 6.37. The van der Waals surface area contributed by atoms with Crippen molar-refractivity contribution in [2.75, 3.05) is 13.1 Å².